The average Bonchev–Trinajstić information content (AvgIpc) is 2.55. The molecule has 5 heteroatoms. The Morgan fingerprint density at radius 1 is 1.04 bits per heavy atom. The Labute approximate surface area is 141 Å². The number of carbonyl (C=O) groups is 2. The number of hydrogen-bond acceptors (Lipinski definition) is 4. The fourth-order valence-corrected chi connectivity index (χ4v) is 2.11. The standard InChI is InChI=1S/C19H21NO4/c1-4-23-19(22)14-9-11-15(12-10-14)20-18(21)16-7-5-6-8-17(16)24-13(2)3/h5-13H,4H2,1-3H3,(H,20,21). The minimum atomic E-state index is -0.383. The van der Waals surface area contributed by atoms with Crippen molar-refractivity contribution in [3.8, 4) is 5.75 Å². The van der Waals surface area contributed by atoms with Gasteiger partial charge in [-0.05, 0) is 57.2 Å². The maximum absolute atomic E-state index is 12.5. The Morgan fingerprint density at radius 2 is 1.71 bits per heavy atom. The van der Waals surface area contributed by atoms with Gasteiger partial charge in [0.05, 0.1) is 23.8 Å². The van der Waals surface area contributed by atoms with E-state index in [1.165, 1.54) is 0 Å². The Hall–Kier alpha value is -2.82. The van der Waals surface area contributed by atoms with E-state index < -0.39 is 0 Å². The van der Waals surface area contributed by atoms with Crippen LogP contribution in [0.4, 0.5) is 5.69 Å². The molecule has 0 saturated heterocycles. The van der Waals surface area contributed by atoms with Crippen molar-refractivity contribution >= 4 is 17.6 Å². The number of anilines is 1. The van der Waals surface area contributed by atoms with Crippen molar-refractivity contribution in [1.29, 1.82) is 0 Å². The highest BCUT2D eigenvalue weighted by atomic mass is 16.5. The number of esters is 1. The average molecular weight is 327 g/mol. The van der Waals surface area contributed by atoms with E-state index in [4.69, 9.17) is 9.47 Å². The molecule has 0 aromatic heterocycles. The molecule has 24 heavy (non-hydrogen) atoms. The van der Waals surface area contributed by atoms with Crippen LogP contribution in [0.25, 0.3) is 0 Å². The van der Waals surface area contributed by atoms with Crippen LogP contribution >= 0.6 is 0 Å². The van der Waals surface area contributed by atoms with Crippen LogP contribution < -0.4 is 10.1 Å². The van der Waals surface area contributed by atoms with Gasteiger partial charge in [0, 0.05) is 5.69 Å². The zero-order valence-electron chi connectivity index (χ0n) is 14.0. The van der Waals surface area contributed by atoms with Crippen LogP contribution in [0, 0.1) is 0 Å². The summed E-state index contributed by atoms with van der Waals surface area (Å²) in [4.78, 5) is 24.1. The van der Waals surface area contributed by atoms with Gasteiger partial charge in [0.25, 0.3) is 5.91 Å². The molecule has 5 nitrogen and oxygen atoms in total. The molecule has 0 aliphatic rings. The number of benzene rings is 2. The molecule has 0 bridgehead atoms. The monoisotopic (exact) mass is 327 g/mol. The third-order valence-corrected chi connectivity index (χ3v) is 3.15. The molecule has 0 atom stereocenters. The van der Waals surface area contributed by atoms with Crippen molar-refractivity contribution < 1.29 is 19.1 Å². The van der Waals surface area contributed by atoms with E-state index in [1.807, 2.05) is 19.9 Å². The van der Waals surface area contributed by atoms with Gasteiger partial charge in [-0.2, -0.15) is 0 Å². The molecule has 2 rings (SSSR count). The lowest BCUT2D eigenvalue weighted by Crippen LogP contribution is -2.15. The van der Waals surface area contributed by atoms with Crippen LogP contribution in [0.15, 0.2) is 48.5 Å². The number of amides is 1. The molecule has 0 radical (unpaired) electrons. The van der Waals surface area contributed by atoms with Crippen LogP contribution in [0.1, 0.15) is 41.5 Å². The van der Waals surface area contributed by atoms with Crippen LogP contribution in [0.3, 0.4) is 0 Å². The lowest BCUT2D eigenvalue weighted by Gasteiger charge is -2.14. The third kappa shape index (κ3) is 4.59. The molecule has 0 saturated carbocycles. The smallest absolute Gasteiger partial charge is 0.338 e. The maximum Gasteiger partial charge on any atom is 0.338 e. The second kappa shape index (κ2) is 8.15. The fourth-order valence-electron chi connectivity index (χ4n) is 2.11. The summed E-state index contributed by atoms with van der Waals surface area (Å²) in [5, 5.41) is 2.80. The van der Waals surface area contributed by atoms with E-state index >= 15 is 0 Å². The second-order valence-electron chi connectivity index (χ2n) is 5.41. The Balaban J connectivity index is 2.11. The predicted octanol–water partition coefficient (Wildman–Crippen LogP) is 3.90. The van der Waals surface area contributed by atoms with Crippen LogP contribution in [0.5, 0.6) is 5.75 Å². The van der Waals surface area contributed by atoms with Gasteiger partial charge in [0.1, 0.15) is 5.75 Å². The largest absolute Gasteiger partial charge is 0.490 e. The second-order valence-corrected chi connectivity index (χ2v) is 5.41. The Morgan fingerprint density at radius 3 is 2.33 bits per heavy atom. The van der Waals surface area contributed by atoms with Crippen molar-refractivity contribution in [2.45, 2.75) is 26.9 Å². The summed E-state index contributed by atoms with van der Waals surface area (Å²) in [7, 11) is 0. The third-order valence-electron chi connectivity index (χ3n) is 3.15. The lowest BCUT2D eigenvalue weighted by molar-refractivity contribution is 0.0526. The summed E-state index contributed by atoms with van der Waals surface area (Å²) >= 11 is 0. The van der Waals surface area contributed by atoms with Crippen LogP contribution in [-0.2, 0) is 4.74 Å². The van der Waals surface area contributed by atoms with E-state index in [-0.39, 0.29) is 18.0 Å². The van der Waals surface area contributed by atoms with Gasteiger partial charge in [-0.25, -0.2) is 4.79 Å². The molecule has 2 aromatic carbocycles. The van der Waals surface area contributed by atoms with Gasteiger partial charge in [0.2, 0.25) is 0 Å². The number of carbonyl (C=O) groups excluding carboxylic acids is 2. The first kappa shape index (κ1) is 17.5. The topological polar surface area (TPSA) is 64.6 Å². The summed E-state index contributed by atoms with van der Waals surface area (Å²) in [5.74, 6) is -0.116. The molecule has 1 N–H and O–H groups in total. The number of ether oxygens (including phenoxy) is 2. The molecular formula is C19H21NO4. The molecule has 126 valence electrons. The van der Waals surface area contributed by atoms with Crippen molar-refractivity contribution in [2.75, 3.05) is 11.9 Å². The normalized spacial score (nSPS) is 10.3. The summed E-state index contributed by atoms with van der Waals surface area (Å²) in [6, 6.07) is 13.6. The fraction of sp³-hybridized carbons (Fsp3) is 0.263. The molecular weight excluding hydrogens is 306 g/mol. The predicted molar refractivity (Wildman–Crippen MR) is 92.6 cm³/mol. The summed E-state index contributed by atoms with van der Waals surface area (Å²) in [6.07, 6.45) is -0.0252. The van der Waals surface area contributed by atoms with Crippen LogP contribution in [0.2, 0.25) is 0 Å². The minimum Gasteiger partial charge on any atom is -0.490 e. The highest BCUT2D eigenvalue weighted by molar-refractivity contribution is 6.06. The van der Waals surface area contributed by atoms with E-state index in [9.17, 15) is 9.59 Å². The SMILES string of the molecule is CCOC(=O)c1ccc(NC(=O)c2ccccc2OC(C)C)cc1. The molecule has 0 heterocycles. The molecule has 0 aliphatic carbocycles. The van der Waals surface area contributed by atoms with Crippen molar-refractivity contribution in [2.24, 2.45) is 0 Å². The highest BCUT2D eigenvalue weighted by Gasteiger charge is 2.14. The summed E-state index contributed by atoms with van der Waals surface area (Å²) < 4.78 is 10.6. The van der Waals surface area contributed by atoms with Gasteiger partial charge >= 0.3 is 5.97 Å². The van der Waals surface area contributed by atoms with Gasteiger partial charge in [-0.3, -0.25) is 4.79 Å². The molecule has 2 aromatic rings. The number of para-hydroxylation sites is 1. The van der Waals surface area contributed by atoms with Crippen molar-refractivity contribution in [1.82, 2.24) is 0 Å². The van der Waals surface area contributed by atoms with Gasteiger partial charge in [-0.1, -0.05) is 12.1 Å². The van der Waals surface area contributed by atoms with E-state index in [0.717, 1.165) is 0 Å². The van der Waals surface area contributed by atoms with Crippen molar-refractivity contribution in [3.63, 3.8) is 0 Å². The van der Waals surface area contributed by atoms with Crippen molar-refractivity contribution in [3.05, 3.63) is 59.7 Å². The van der Waals surface area contributed by atoms with Gasteiger partial charge < -0.3 is 14.8 Å². The van der Waals surface area contributed by atoms with E-state index in [1.54, 1.807) is 49.4 Å². The van der Waals surface area contributed by atoms with E-state index in [0.29, 0.717) is 29.2 Å². The number of hydrogen-bond donors (Lipinski definition) is 1. The molecule has 1 amide bonds. The first-order valence-corrected chi connectivity index (χ1v) is 7.85. The first-order chi connectivity index (χ1) is 11.5. The first-order valence-electron chi connectivity index (χ1n) is 7.85. The Kier molecular flexibility index (Phi) is 5.95. The maximum atomic E-state index is 12.5. The van der Waals surface area contributed by atoms with Gasteiger partial charge in [-0.15, -0.1) is 0 Å². The quantitative estimate of drug-likeness (QED) is 0.817. The zero-order valence-corrected chi connectivity index (χ0v) is 14.0. The molecule has 0 aliphatic heterocycles. The number of nitrogens with one attached hydrogen (secondary N) is 1. The van der Waals surface area contributed by atoms with Gasteiger partial charge in [0.15, 0.2) is 0 Å². The number of rotatable bonds is 6. The van der Waals surface area contributed by atoms with Crippen LogP contribution in [-0.4, -0.2) is 24.6 Å². The molecule has 0 spiro atoms. The van der Waals surface area contributed by atoms with E-state index in [2.05, 4.69) is 5.32 Å². The summed E-state index contributed by atoms with van der Waals surface area (Å²) in [5.41, 5.74) is 1.49. The molecule has 0 fully saturated rings. The molecule has 0 unspecified atom stereocenters. The summed E-state index contributed by atoms with van der Waals surface area (Å²) in [6.45, 7) is 5.89. The zero-order chi connectivity index (χ0) is 17.5. The Bertz CT molecular complexity index is 708. The highest BCUT2D eigenvalue weighted by Crippen LogP contribution is 2.21. The minimum absolute atomic E-state index is 0.0252. The lowest BCUT2D eigenvalue weighted by atomic mass is 10.1.